The van der Waals surface area contributed by atoms with Crippen molar-refractivity contribution >= 4 is 41.5 Å². The molecule has 0 aliphatic carbocycles. The molecule has 1 N–H and O–H groups in total. The van der Waals surface area contributed by atoms with Crippen molar-refractivity contribution in [3.8, 4) is 5.75 Å². The maximum absolute atomic E-state index is 12.1. The van der Waals surface area contributed by atoms with E-state index in [1.54, 1.807) is 18.2 Å². The zero-order valence-electron chi connectivity index (χ0n) is 11.8. The maximum atomic E-state index is 12.1. The molecule has 0 radical (unpaired) electrons. The summed E-state index contributed by atoms with van der Waals surface area (Å²) in [4.78, 5) is 14.0. The summed E-state index contributed by atoms with van der Waals surface area (Å²) in [5, 5.41) is 4.09. The highest BCUT2D eigenvalue weighted by atomic mass is 35.5. The summed E-state index contributed by atoms with van der Waals surface area (Å²) < 4.78 is 5.53. The average Bonchev–Trinajstić information content (AvgIpc) is 2.44. The van der Waals surface area contributed by atoms with Gasteiger partial charge < -0.3 is 15.0 Å². The average molecular weight is 354 g/mol. The van der Waals surface area contributed by atoms with Crippen molar-refractivity contribution in [3.63, 3.8) is 0 Å². The number of amides is 1. The van der Waals surface area contributed by atoms with E-state index in [0.717, 1.165) is 19.6 Å². The molecule has 7 heteroatoms. The van der Waals surface area contributed by atoms with Crippen molar-refractivity contribution in [2.24, 2.45) is 0 Å². The summed E-state index contributed by atoms with van der Waals surface area (Å²) in [6, 6.07) is 5.44. The third-order valence-electron chi connectivity index (χ3n) is 3.31. The van der Waals surface area contributed by atoms with Crippen LogP contribution < -0.4 is 10.1 Å². The molecule has 1 fully saturated rings. The lowest BCUT2D eigenvalue weighted by atomic mass is 10.2. The molecule has 1 heterocycles. The van der Waals surface area contributed by atoms with Gasteiger partial charge >= 0.3 is 0 Å². The molecule has 0 bridgehead atoms. The van der Waals surface area contributed by atoms with E-state index >= 15 is 0 Å². The summed E-state index contributed by atoms with van der Waals surface area (Å²) in [6.45, 7) is 4.77. The van der Waals surface area contributed by atoms with Gasteiger partial charge in [0.2, 0.25) is 5.91 Å². The molecule has 0 unspecified atom stereocenters. The van der Waals surface area contributed by atoms with Gasteiger partial charge in [-0.3, -0.25) is 4.79 Å². The highest BCUT2D eigenvalue weighted by molar-refractivity contribution is 6.42. The normalized spacial score (nSPS) is 18.0. The molecule has 1 amide bonds. The topological polar surface area (TPSA) is 41.6 Å². The fourth-order valence-corrected chi connectivity index (χ4v) is 2.55. The van der Waals surface area contributed by atoms with Crippen molar-refractivity contribution in [3.05, 3.63) is 28.2 Å². The molecule has 2 rings (SSSR count). The smallest absolute Gasteiger partial charge is 0.226 e. The number of nitrogens with zero attached hydrogens (tertiary/aromatic N) is 1. The van der Waals surface area contributed by atoms with Crippen molar-refractivity contribution in [1.82, 2.24) is 10.2 Å². The number of halogens is 3. The van der Waals surface area contributed by atoms with E-state index in [2.05, 4.69) is 5.32 Å². The standard InChI is InChI=1S/C14H18Cl2N2O2.ClH/c1-10-9-17-6-7-18(10)13(19)5-8-20-12-4-2-3-11(15)14(12)16;/h2-4,10,17H,5-9H2,1H3;1H/t10-;/m0./s1. The van der Waals surface area contributed by atoms with Crippen molar-refractivity contribution in [2.75, 3.05) is 26.2 Å². The van der Waals surface area contributed by atoms with E-state index < -0.39 is 0 Å². The fraction of sp³-hybridized carbons (Fsp3) is 0.500. The number of hydrogen-bond donors (Lipinski definition) is 1. The molecule has 4 nitrogen and oxygen atoms in total. The van der Waals surface area contributed by atoms with E-state index in [-0.39, 0.29) is 24.4 Å². The Kier molecular flexibility index (Phi) is 7.60. The first-order valence-electron chi connectivity index (χ1n) is 6.66. The Balaban J connectivity index is 0.00000220. The molecule has 1 aliphatic heterocycles. The van der Waals surface area contributed by atoms with Crippen LogP contribution in [0.5, 0.6) is 5.75 Å². The van der Waals surface area contributed by atoms with Crippen LogP contribution in [0, 0.1) is 0 Å². The third kappa shape index (κ3) is 4.92. The van der Waals surface area contributed by atoms with Crippen molar-refractivity contribution in [2.45, 2.75) is 19.4 Å². The first-order valence-corrected chi connectivity index (χ1v) is 7.42. The lowest BCUT2D eigenvalue weighted by Gasteiger charge is -2.34. The van der Waals surface area contributed by atoms with Crippen LogP contribution in [0.2, 0.25) is 10.0 Å². The molecule has 118 valence electrons. The summed E-state index contributed by atoms with van der Waals surface area (Å²) in [6.07, 6.45) is 0.340. The van der Waals surface area contributed by atoms with Gasteiger partial charge in [0, 0.05) is 25.7 Å². The zero-order valence-corrected chi connectivity index (χ0v) is 14.1. The van der Waals surface area contributed by atoms with Gasteiger partial charge in [-0.1, -0.05) is 29.3 Å². The van der Waals surface area contributed by atoms with E-state index in [4.69, 9.17) is 27.9 Å². The van der Waals surface area contributed by atoms with Crippen LogP contribution in [-0.2, 0) is 4.79 Å². The van der Waals surface area contributed by atoms with Gasteiger partial charge in [0.25, 0.3) is 0 Å². The van der Waals surface area contributed by atoms with Gasteiger partial charge in [0.05, 0.1) is 18.1 Å². The van der Waals surface area contributed by atoms with Gasteiger partial charge in [-0.05, 0) is 19.1 Å². The van der Waals surface area contributed by atoms with Gasteiger partial charge in [-0.15, -0.1) is 12.4 Å². The number of rotatable bonds is 4. The Morgan fingerprint density at radius 2 is 2.24 bits per heavy atom. The summed E-state index contributed by atoms with van der Waals surface area (Å²) in [5.74, 6) is 0.623. The Hall–Kier alpha value is -0.680. The monoisotopic (exact) mass is 352 g/mol. The van der Waals surface area contributed by atoms with Crippen LogP contribution in [-0.4, -0.2) is 43.1 Å². The Morgan fingerprint density at radius 3 is 2.95 bits per heavy atom. The second-order valence-corrected chi connectivity index (χ2v) is 5.58. The minimum Gasteiger partial charge on any atom is -0.491 e. The number of carbonyl (C=O) groups excluding carboxylic acids is 1. The molecule has 0 aromatic heterocycles. The molecule has 0 spiro atoms. The second kappa shape index (κ2) is 8.69. The highest BCUT2D eigenvalue weighted by Crippen LogP contribution is 2.31. The van der Waals surface area contributed by atoms with Gasteiger partial charge in [-0.2, -0.15) is 0 Å². The van der Waals surface area contributed by atoms with E-state index in [0.29, 0.717) is 28.8 Å². The number of ether oxygens (including phenoxy) is 1. The predicted octanol–water partition coefficient (Wildman–Crippen LogP) is 3.00. The number of benzene rings is 1. The van der Waals surface area contributed by atoms with Crippen LogP contribution in [0.1, 0.15) is 13.3 Å². The number of hydrogen-bond acceptors (Lipinski definition) is 3. The summed E-state index contributed by atoms with van der Waals surface area (Å²) in [7, 11) is 0. The van der Waals surface area contributed by atoms with Crippen LogP contribution in [0.15, 0.2) is 18.2 Å². The molecule has 21 heavy (non-hydrogen) atoms. The van der Waals surface area contributed by atoms with E-state index in [1.165, 1.54) is 0 Å². The summed E-state index contributed by atoms with van der Waals surface area (Å²) in [5.41, 5.74) is 0. The Labute approximate surface area is 141 Å². The predicted molar refractivity (Wildman–Crippen MR) is 87.9 cm³/mol. The molecule has 1 atom stereocenters. The Bertz CT molecular complexity index is 485. The number of carbonyl (C=O) groups is 1. The largest absolute Gasteiger partial charge is 0.491 e. The van der Waals surface area contributed by atoms with Crippen LogP contribution in [0.25, 0.3) is 0 Å². The zero-order chi connectivity index (χ0) is 14.5. The molecule has 1 saturated heterocycles. The van der Waals surface area contributed by atoms with Crippen molar-refractivity contribution < 1.29 is 9.53 Å². The molecular formula is C14H19Cl3N2O2. The lowest BCUT2D eigenvalue weighted by molar-refractivity contribution is -0.134. The molecule has 0 saturated carbocycles. The number of nitrogens with one attached hydrogen (secondary N) is 1. The van der Waals surface area contributed by atoms with Gasteiger partial charge in [0.1, 0.15) is 10.8 Å². The minimum absolute atomic E-state index is 0. The molecule has 1 aromatic rings. The highest BCUT2D eigenvalue weighted by Gasteiger charge is 2.22. The SMILES string of the molecule is C[C@H]1CNCCN1C(=O)CCOc1cccc(Cl)c1Cl.Cl. The molecular weight excluding hydrogens is 335 g/mol. The second-order valence-electron chi connectivity index (χ2n) is 4.79. The fourth-order valence-electron chi connectivity index (χ4n) is 2.20. The molecule has 1 aromatic carbocycles. The molecule has 1 aliphatic rings. The number of piperazine rings is 1. The maximum Gasteiger partial charge on any atom is 0.226 e. The van der Waals surface area contributed by atoms with Gasteiger partial charge in [0.15, 0.2) is 0 Å². The van der Waals surface area contributed by atoms with Crippen LogP contribution >= 0.6 is 35.6 Å². The third-order valence-corrected chi connectivity index (χ3v) is 4.11. The van der Waals surface area contributed by atoms with Crippen LogP contribution in [0.3, 0.4) is 0 Å². The quantitative estimate of drug-likeness (QED) is 0.905. The lowest BCUT2D eigenvalue weighted by Crippen LogP contribution is -2.52. The van der Waals surface area contributed by atoms with E-state index in [9.17, 15) is 4.79 Å². The first kappa shape index (κ1) is 18.4. The van der Waals surface area contributed by atoms with Crippen LogP contribution in [0.4, 0.5) is 0 Å². The van der Waals surface area contributed by atoms with E-state index in [1.807, 2.05) is 11.8 Å². The Morgan fingerprint density at radius 1 is 1.48 bits per heavy atom. The first-order chi connectivity index (χ1) is 9.59. The minimum atomic E-state index is 0. The van der Waals surface area contributed by atoms with Gasteiger partial charge in [-0.25, -0.2) is 0 Å². The summed E-state index contributed by atoms with van der Waals surface area (Å²) >= 11 is 11.9. The van der Waals surface area contributed by atoms with Crippen molar-refractivity contribution in [1.29, 1.82) is 0 Å².